The Hall–Kier alpha value is -1.75. The van der Waals surface area contributed by atoms with Crippen molar-refractivity contribution in [2.24, 2.45) is 0 Å². The molecule has 1 aromatic carbocycles. The molecule has 0 aliphatic carbocycles. The van der Waals surface area contributed by atoms with Gasteiger partial charge in [0, 0.05) is 29.6 Å². The van der Waals surface area contributed by atoms with E-state index in [9.17, 15) is 4.79 Å². The molecule has 0 aliphatic rings. The number of aryl methyl sites for hydroxylation is 2. The van der Waals surface area contributed by atoms with Crippen LogP contribution in [-0.2, 0) is 6.54 Å². The van der Waals surface area contributed by atoms with Gasteiger partial charge in [-0.15, -0.1) is 11.8 Å². The number of nitrogens with zero attached hydrogens (tertiary/aromatic N) is 2. The number of carbonyl (C=O) groups is 1. The zero-order valence-electron chi connectivity index (χ0n) is 10.0. The van der Waals surface area contributed by atoms with Gasteiger partial charge in [-0.3, -0.25) is 0 Å². The van der Waals surface area contributed by atoms with E-state index in [0.29, 0.717) is 5.56 Å². The summed E-state index contributed by atoms with van der Waals surface area (Å²) < 4.78 is 2.00. The lowest BCUT2D eigenvalue weighted by Crippen LogP contribution is -2.00. The van der Waals surface area contributed by atoms with Gasteiger partial charge < -0.3 is 9.67 Å². The van der Waals surface area contributed by atoms with Crippen molar-refractivity contribution < 1.29 is 9.90 Å². The van der Waals surface area contributed by atoms with Gasteiger partial charge in [-0.05, 0) is 24.6 Å². The van der Waals surface area contributed by atoms with E-state index in [1.54, 1.807) is 30.4 Å². The maximum Gasteiger partial charge on any atom is 0.335 e. The zero-order chi connectivity index (χ0) is 13.0. The average Bonchev–Trinajstić information content (AvgIpc) is 2.84. The summed E-state index contributed by atoms with van der Waals surface area (Å²) in [5.74, 6) is 0.0166. The van der Waals surface area contributed by atoms with Crippen molar-refractivity contribution in [3.63, 3.8) is 0 Å². The molecule has 0 bridgehead atoms. The van der Waals surface area contributed by atoms with E-state index >= 15 is 0 Å². The van der Waals surface area contributed by atoms with Gasteiger partial charge in [-0.2, -0.15) is 0 Å². The van der Waals surface area contributed by atoms with E-state index in [4.69, 9.17) is 5.11 Å². The number of hydrogen-bond acceptors (Lipinski definition) is 3. The van der Waals surface area contributed by atoms with Gasteiger partial charge in [0.1, 0.15) is 0 Å². The van der Waals surface area contributed by atoms with Gasteiger partial charge in [0.15, 0.2) is 0 Å². The number of rotatable bonds is 5. The van der Waals surface area contributed by atoms with Crippen LogP contribution in [0.3, 0.4) is 0 Å². The summed E-state index contributed by atoms with van der Waals surface area (Å²) in [5, 5.41) is 9.04. The molecule has 0 atom stereocenters. The number of thioether (sulfide) groups is 1. The SMILES string of the molecule is Cc1ccc(SCCn2ccnc2)cc1C(=O)O. The first-order valence-corrected chi connectivity index (χ1v) is 6.58. The number of benzene rings is 1. The fourth-order valence-electron chi connectivity index (χ4n) is 1.61. The third-order valence-electron chi connectivity index (χ3n) is 2.62. The minimum absolute atomic E-state index is 0.377. The van der Waals surface area contributed by atoms with Gasteiger partial charge in [-0.25, -0.2) is 9.78 Å². The Balaban J connectivity index is 1.97. The Bertz CT molecular complexity index is 538. The Morgan fingerprint density at radius 2 is 2.33 bits per heavy atom. The second kappa shape index (κ2) is 5.73. The van der Waals surface area contributed by atoms with Crippen molar-refractivity contribution in [2.45, 2.75) is 18.4 Å². The first-order valence-electron chi connectivity index (χ1n) is 5.59. The number of imidazole rings is 1. The summed E-state index contributed by atoms with van der Waals surface area (Å²) in [7, 11) is 0. The molecule has 4 nitrogen and oxygen atoms in total. The largest absolute Gasteiger partial charge is 0.478 e. The normalized spacial score (nSPS) is 10.5. The molecule has 2 rings (SSSR count). The minimum Gasteiger partial charge on any atom is -0.478 e. The van der Waals surface area contributed by atoms with Crippen molar-refractivity contribution in [3.05, 3.63) is 48.0 Å². The van der Waals surface area contributed by atoms with E-state index in [1.807, 2.05) is 29.8 Å². The Morgan fingerprint density at radius 3 is 3.00 bits per heavy atom. The van der Waals surface area contributed by atoms with Gasteiger partial charge in [-0.1, -0.05) is 6.07 Å². The molecule has 0 spiro atoms. The lowest BCUT2D eigenvalue weighted by molar-refractivity contribution is 0.0696. The molecule has 1 aromatic heterocycles. The maximum atomic E-state index is 11.0. The second-order valence-electron chi connectivity index (χ2n) is 3.93. The molecule has 0 fully saturated rings. The highest BCUT2D eigenvalue weighted by Gasteiger charge is 2.07. The number of carboxylic acids is 1. The minimum atomic E-state index is -0.871. The summed E-state index contributed by atoms with van der Waals surface area (Å²) in [5.41, 5.74) is 1.17. The second-order valence-corrected chi connectivity index (χ2v) is 5.10. The van der Waals surface area contributed by atoms with E-state index < -0.39 is 5.97 Å². The first kappa shape index (κ1) is 12.7. The molecule has 0 unspecified atom stereocenters. The summed E-state index contributed by atoms with van der Waals surface area (Å²) in [6.07, 6.45) is 5.44. The Labute approximate surface area is 110 Å². The lowest BCUT2D eigenvalue weighted by Gasteiger charge is -2.06. The van der Waals surface area contributed by atoms with Gasteiger partial charge in [0.25, 0.3) is 0 Å². The first-order chi connectivity index (χ1) is 8.66. The van der Waals surface area contributed by atoms with Gasteiger partial charge in [0.05, 0.1) is 11.9 Å². The lowest BCUT2D eigenvalue weighted by atomic mass is 10.1. The van der Waals surface area contributed by atoms with Crippen LogP contribution in [0, 0.1) is 6.92 Å². The van der Waals surface area contributed by atoms with E-state index in [2.05, 4.69) is 4.98 Å². The van der Waals surface area contributed by atoms with Crippen molar-refractivity contribution >= 4 is 17.7 Å². The summed E-state index contributed by atoms with van der Waals surface area (Å²) in [6, 6.07) is 5.54. The predicted molar refractivity (Wildman–Crippen MR) is 71.1 cm³/mol. The standard InChI is InChI=1S/C13H14N2O2S/c1-10-2-3-11(8-12(10)13(16)17)18-7-6-15-5-4-14-9-15/h2-5,8-9H,6-7H2,1H3,(H,16,17). The van der Waals surface area contributed by atoms with Crippen molar-refractivity contribution in [1.29, 1.82) is 0 Å². The highest BCUT2D eigenvalue weighted by Crippen LogP contribution is 2.21. The fraction of sp³-hybridized carbons (Fsp3) is 0.231. The molecule has 0 radical (unpaired) electrons. The fourth-order valence-corrected chi connectivity index (χ4v) is 2.51. The van der Waals surface area contributed by atoms with Crippen LogP contribution < -0.4 is 0 Å². The van der Waals surface area contributed by atoms with E-state index in [-0.39, 0.29) is 0 Å². The highest BCUT2D eigenvalue weighted by atomic mass is 32.2. The van der Waals surface area contributed by atoms with Crippen molar-refractivity contribution in [1.82, 2.24) is 9.55 Å². The molecular formula is C13H14N2O2S. The van der Waals surface area contributed by atoms with Crippen molar-refractivity contribution in [2.75, 3.05) is 5.75 Å². The van der Waals surface area contributed by atoms with Crippen LogP contribution in [0.5, 0.6) is 0 Å². The van der Waals surface area contributed by atoms with Crippen LogP contribution in [0.1, 0.15) is 15.9 Å². The molecule has 1 heterocycles. The molecule has 94 valence electrons. The third-order valence-corrected chi connectivity index (χ3v) is 3.59. The topological polar surface area (TPSA) is 55.1 Å². The smallest absolute Gasteiger partial charge is 0.335 e. The molecule has 5 heteroatoms. The van der Waals surface area contributed by atoms with Crippen molar-refractivity contribution in [3.8, 4) is 0 Å². The molecule has 0 amide bonds. The van der Waals surface area contributed by atoms with E-state index in [0.717, 1.165) is 22.8 Å². The van der Waals surface area contributed by atoms with Gasteiger partial charge in [0.2, 0.25) is 0 Å². The summed E-state index contributed by atoms with van der Waals surface area (Å²) in [6.45, 7) is 2.67. The average molecular weight is 262 g/mol. The van der Waals surface area contributed by atoms with Crippen LogP contribution in [0.15, 0.2) is 41.8 Å². The maximum absolute atomic E-state index is 11.0. The van der Waals surface area contributed by atoms with Gasteiger partial charge >= 0.3 is 5.97 Å². The summed E-state index contributed by atoms with van der Waals surface area (Å²) in [4.78, 5) is 16.0. The molecule has 0 aliphatic heterocycles. The number of aromatic nitrogens is 2. The molecule has 2 aromatic rings. The van der Waals surface area contributed by atoms with Crippen LogP contribution >= 0.6 is 11.8 Å². The number of carboxylic acid groups (broad SMARTS) is 1. The Morgan fingerprint density at radius 1 is 1.50 bits per heavy atom. The molecule has 18 heavy (non-hydrogen) atoms. The zero-order valence-corrected chi connectivity index (χ0v) is 10.9. The quantitative estimate of drug-likeness (QED) is 0.842. The van der Waals surface area contributed by atoms with Crippen LogP contribution in [0.2, 0.25) is 0 Å². The monoisotopic (exact) mass is 262 g/mol. The van der Waals surface area contributed by atoms with Crippen LogP contribution in [0.4, 0.5) is 0 Å². The highest BCUT2D eigenvalue weighted by molar-refractivity contribution is 7.99. The van der Waals surface area contributed by atoms with E-state index in [1.165, 1.54) is 0 Å². The summed E-state index contributed by atoms with van der Waals surface area (Å²) >= 11 is 1.65. The predicted octanol–water partition coefficient (Wildman–Crippen LogP) is 2.68. The van der Waals surface area contributed by atoms with Crippen LogP contribution in [0.25, 0.3) is 0 Å². The molecule has 0 saturated heterocycles. The molecular weight excluding hydrogens is 248 g/mol. The molecule has 0 saturated carbocycles. The molecule has 1 N–H and O–H groups in total. The Kier molecular flexibility index (Phi) is 4.04. The number of aromatic carboxylic acids is 1. The number of hydrogen-bond donors (Lipinski definition) is 1. The van der Waals surface area contributed by atoms with Crippen LogP contribution in [-0.4, -0.2) is 26.4 Å². The third kappa shape index (κ3) is 3.13.